The van der Waals surface area contributed by atoms with Gasteiger partial charge in [0.25, 0.3) is 0 Å². The average molecular weight is 216 g/mol. The van der Waals surface area contributed by atoms with Crippen LogP contribution in [0.25, 0.3) is 0 Å². The van der Waals surface area contributed by atoms with Gasteiger partial charge in [-0.25, -0.2) is 0 Å². The minimum Gasteiger partial charge on any atom is -0.324 e. The van der Waals surface area contributed by atoms with Crippen molar-refractivity contribution in [1.82, 2.24) is 0 Å². The monoisotopic (exact) mass is 216 g/mol. The Labute approximate surface area is 95.2 Å². The van der Waals surface area contributed by atoms with Crippen LogP contribution < -0.4 is 10.6 Å². The van der Waals surface area contributed by atoms with Gasteiger partial charge in [0, 0.05) is 17.6 Å². The minimum atomic E-state index is -0.257. The summed E-state index contributed by atoms with van der Waals surface area (Å²) in [5, 5.41) is 0. The van der Waals surface area contributed by atoms with Gasteiger partial charge in [-0.05, 0) is 31.4 Å². The highest BCUT2D eigenvalue weighted by atomic mass is 16.2. The molecule has 1 fully saturated rings. The molecule has 0 aromatic heterocycles. The number of amides is 1. The van der Waals surface area contributed by atoms with E-state index in [0.29, 0.717) is 6.42 Å². The zero-order valence-corrected chi connectivity index (χ0v) is 9.44. The van der Waals surface area contributed by atoms with Gasteiger partial charge in [0.2, 0.25) is 5.91 Å². The van der Waals surface area contributed by atoms with Gasteiger partial charge in [-0.15, -0.1) is 0 Å². The van der Waals surface area contributed by atoms with Gasteiger partial charge in [-0.2, -0.15) is 0 Å². The summed E-state index contributed by atoms with van der Waals surface area (Å²) in [5.41, 5.74) is 8.37. The lowest BCUT2D eigenvalue weighted by atomic mass is 9.83. The van der Waals surface area contributed by atoms with E-state index in [2.05, 4.69) is 13.0 Å². The van der Waals surface area contributed by atoms with Crippen molar-refractivity contribution < 1.29 is 4.79 Å². The molecule has 3 nitrogen and oxygen atoms in total. The first-order valence-corrected chi connectivity index (χ1v) is 5.78. The van der Waals surface area contributed by atoms with Gasteiger partial charge in [-0.1, -0.05) is 18.2 Å². The van der Waals surface area contributed by atoms with Crippen molar-refractivity contribution >= 4 is 11.6 Å². The number of nitrogens with zero attached hydrogens (tertiary/aromatic N) is 1. The predicted molar refractivity (Wildman–Crippen MR) is 63.2 cm³/mol. The smallest absolute Gasteiger partial charge is 0.227 e. The molecule has 0 aliphatic carbocycles. The number of piperidine rings is 1. The van der Waals surface area contributed by atoms with E-state index in [1.807, 2.05) is 23.1 Å². The van der Waals surface area contributed by atoms with Crippen LogP contribution >= 0.6 is 0 Å². The molecule has 0 spiro atoms. The number of anilines is 1. The fraction of sp³-hybridized carbons (Fsp3) is 0.462. The largest absolute Gasteiger partial charge is 0.324 e. The van der Waals surface area contributed by atoms with E-state index in [4.69, 9.17) is 5.73 Å². The van der Waals surface area contributed by atoms with Crippen molar-refractivity contribution in [3.63, 3.8) is 0 Å². The van der Waals surface area contributed by atoms with Crippen LogP contribution in [0.4, 0.5) is 5.69 Å². The fourth-order valence-corrected chi connectivity index (χ4v) is 2.89. The van der Waals surface area contributed by atoms with Crippen molar-refractivity contribution in [3.8, 4) is 0 Å². The van der Waals surface area contributed by atoms with Crippen molar-refractivity contribution in [2.45, 2.75) is 37.8 Å². The van der Waals surface area contributed by atoms with E-state index in [0.717, 1.165) is 18.5 Å². The third-order valence-electron chi connectivity index (χ3n) is 3.88. The van der Waals surface area contributed by atoms with Crippen LogP contribution in [0.1, 0.15) is 25.3 Å². The van der Waals surface area contributed by atoms with Crippen LogP contribution in [-0.4, -0.2) is 17.5 Å². The quantitative estimate of drug-likeness (QED) is 0.713. The van der Waals surface area contributed by atoms with E-state index >= 15 is 0 Å². The zero-order chi connectivity index (χ0) is 11.3. The topological polar surface area (TPSA) is 46.3 Å². The number of nitrogens with two attached hydrogens (primary N) is 1. The molecule has 0 saturated carbocycles. The third kappa shape index (κ3) is 1.21. The molecule has 2 heterocycles. The summed E-state index contributed by atoms with van der Waals surface area (Å²) in [4.78, 5) is 13.9. The van der Waals surface area contributed by atoms with Crippen molar-refractivity contribution in [2.24, 2.45) is 5.73 Å². The van der Waals surface area contributed by atoms with E-state index in [9.17, 15) is 4.79 Å². The molecule has 3 rings (SSSR count). The molecule has 0 unspecified atom stereocenters. The second-order valence-corrected chi connectivity index (χ2v) is 5.12. The molecule has 2 atom stereocenters. The van der Waals surface area contributed by atoms with Crippen LogP contribution in [0.5, 0.6) is 0 Å². The highest BCUT2D eigenvalue weighted by molar-refractivity contribution is 5.97. The Bertz CT molecular complexity index is 453. The fourth-order valence-electron chi connectivity index (χ4n) is 2.89. The predicted octanol–water partition coefficient (Wildman–Crippen LogP) is 1.46. The Morgan fingerprint density at radius 1 is 1.44 bits per heavy atom. The van der Waals surface area contributed by atoms with Gasteiger partial charge in [0.05, 0.1) is 6.04 Å². The number of carbonyl (C=O) groups is 1. The number of para-hydroxylation sites is 1. The molecule has 16 heavy (non-hydrogen) atoms. The SMILES string of the molecule is C[C@]1(N)CCC(=O)N2c3ccccc3C[C@H]21. The summed E-state index contributed by atoms with van der Waals surface area (Å²) in [5.74, 6) is 0.220. The first-order valence-electron chi connectivity index (χ1n) is 5.78. The molecule has 0 bridgehead atoms. The molecule has 2 aliphatic rings. The summed E-state index contributed by atoms with van der Waals surface area (Å²) < 4.78 is 0. The first kappa shape index (κ1) is 9.85. The molecule has 0 radical (unpaired) electrons. The second-order valence-electron chi connectivity index (χ2n) is 5.12. The maximum absolute atomic E-state index is 12.0. The lowest BCUT2D eigenvalue weighted by Gasteiger charge is -2.42. The number of hydrogen-bond donors (Lipinski definition) is 1. The van der Waals surface area contributed by atoms with Crippen LogP contribution in [0.15, 0.2) is 24.3 Å². The lowest BCUT2D eigenvalue weighted by Crippen LogP contribution is -2.61. The molecule has 1 saturated heterocycles. The highest BCUT2D eigenvalue weighted by Gasteiger charge is 2.46. The Morgan fingerprint density at radius 3 is 3.00 bits per heavy atom. The zero-order valence-electron chi connectivity index (χ0n) is 9.44. The summed E-state index contributed by atoms with van der Waals surface area (Å²) in [7, 11) is 0. The first-order chi connectivity index (χ1) is 7.59. The van der Waals surface area contributed by atoms with E-state index in [1.165, 1.54) is 5.56 Å². The Morgan fingerprint density at radius 2 is 2.19 bits per heavy atom. The summed E-state index contributed by atoms with van der Waals surface area (Å²) in [6.45, 7) is 2.06. The van der Waals surface area contributed by atoms with E-state index in [1.54, 1.807) is 0 Å². The van der Waals surface area contributed by atoms with Crippen LogP contribution in [0.2, 0.25) is 0 Å². The van der Waals surface area contributed by atoms with Gasteiger partial charge >= 0.3 is 0 Å². The van der Waals surface area contributed by atoms with Crippen molar-refractivity contribution in [3.05, 3.63) is 29.8 Å². The number of rotatable bonds is 0. The Hall–Kier alpha value is -1.35. The molecule has 1 aromatic rings. The summed E-state index contributed by atoms with van der Waals surface area (Å²) in [6, 6.07) is 8.27. The highest BCUT2D eigenvalue weighted by Crippen LogP contribution is 2.40. The van der Waals surface area contributed by atoms with Crippen LogP contribution in [-0.2, 0) is 11.2 Å². The molecular formula is C13H16N2O. The van der Waals surface area contributed by atoms with Gasteiger partial charge in [0.1, 0.15) is 0 Å². The minimum absolute atomic E-state index is 0.145. The second kappa shape index (κ2) is 3.08. The van der Waals surface area contributed by atoms with Crippen LogP contribution in [0.3, 0.4) is 0 Å². The molecule has 1 aromatic carbocycles. The normalized spacial score (nSPS) is 32.5. The van der Waals surface area contributed by atoms with Gasteiger partial charge in [0.15, 0.2) is 0 Å². The van der Waals surface area contributed by atoms with E-state index in [-0.39, 0.29) is 17.5 Å². The third-order valence-corrected chi connectivity index (χ3v) is 3.88. The van der Waals surface area contributed by atoms with Crippen LogP contribution in [0, 0.1) is 0 Å². The molecule has 1 amide bonds. The molecule has 84 valence electrons. The Balaban J connectivity index is 2.09. The number of carbonyl (C=O) groups excluding carboxylic acids is 1. The maximum atomic E-state index is 12.0. The Kier molecular flexibility index (Phi) is 1.89. The molecular weight excluding hydrogens is 200 g/mol. The van der Waals surface area contributed by atoms with Crippen molar-refractivity contribution in [1.29, 1.82) is 0 Å². The number of fused-ring (bicyclic) bond motifs is 3. The molecule has 2 N–H and O–H groups in total. The molecule has 2 aliphatic heterocycles. The maximum Gasteiger partial charge on any atom is 0.227 e. The number of benzene rings is 1. The standard InChI is InChI=1S/C13H16N2O/c1-13(14)7-6-12(16)15-10-5-3-2-4-9(10)8-11(13)15/h2-5,11H,6-8,14H2,1H3/t11-,13-/m0/s1. The summed E-state index contributed by atoms with van der Waals surface area (Å²) in [6.07, 6.45) is 2.26. The van der Waals surface area contributed by atoms with E-state index < -0.39 is 0 Å². The average Bonchev–Trinajstić information content (AvgIpc) is 2.65. The number of hydrogen-bond acceptors (Lipinski definition) is 2. The summed E-state index contributed by atoms with van der Waals surface area (Å²) >= 11 is 0. The lowest BCUT2D eigenvalue weighted by molar-refractivity contribution is -0.121. The van der Waals surface area contributed by atoms with Crippen molar-refractivity contribution in [2.75, 3.05) is 4.90 Å². The molecule has 3 heteroatoms. The van der Waals surface area contributed by atoms with Gasteiger partial charge in [-0.3, -0.25) is 4.79 Å². The van der Waals surface area contributed by atoms with Gasteiger partial charge < -0.3 is 10.6 Å².